The first-order chi connectivity index (χ1) is 15.0. The van der Waals surface area contributed by atoms with Crippen LogP contribution in [-0.2, 0) is 20.8 Å². The fourth-order valence-corrected chi connectivity index (χ4v) is 5.93. The van der Waals surface area contributed by atoms with Gasteiger partial charge in [-0.15, -0.1) is 11.3 Å². The van der Waals surface area contributed by atoms with E-state index in [-0.39, 0.29) is 37.1 Å². The maximum absolute atomic E-state index is 13.4. The number of imide groups is 1. The van der Waals surface area contributed by atoms with Gasteiger partial charge in [-0.05, 0) is 58.9 Å². The van der Waals surface area contributed by atoms with Crippen molar-refractivity contribution >= 4 is 30.3 Å². The monoisotopic (exact) mass is 439 g/mol. The highest BCUT2D eigenvalue weighted by molar-refractivity contribution is 7.09. The van der Waals surface area contributed by atoms with Crippen LogP contribution in [0.2, 0.25) is 0 Å². The molecule has 1 aromatic carbocycles. The topological polar surface area (TPSA) is 107 Å². The zero-order valence-electron chi connectivity index (χ0n) is 16.7. The van der Waals surface area contributed by atoms with Gasteiger partial charge in [0.2, 0.25) is 11.8 Å². The fourth-order valence-electron chi connectivity index (χ4n) is 5.24. The van der Waals surface area contributed by atoms with Crippen molar-refractivity contribution in [2.75, 3.05) is 6.61 Å². The van der Waals surface area contributed by atoms with E-state index >= 15 is 0 Å². The number of allylic oxidation sites excluding steroid dienone is 1. The van der Waals surface area contributed by atoms with E-state index in [0.717, 1.165) is 10.4 Å². The molecule has 0 saturated carbocycles. The molecule has 2 saturated heterocycles. The predicted octanol–water partition coefficient (Wildman–Crippen LogP) is 2.04. The van der Waals surface area contributed by atoms with Crippen LogP contribution in [0.5, 0.6) is 5.75 Å². The van der Waals surface area contributed by atoms with Crippen LogP contribution in [0.1, 0.15) is 29.4 Å². The molecule has 31 heavy (non-hydrogen) atoms. The number of fused-ring (bicyclic) bond motifs is 3. The Bertz CT molecular complexity index is 1040. The summed E-state index contributed by atoms with van der Waals surface area (Å²) in [6, 6.07) is 10.3. The summed E-state index contributed by atoms with van der Waals surface area (Å²) in [4.78, 5) is 28.8. The minimum absolute atomic E-state index is 0.127. The van der Waals surface area contributed by atoms with Crippen molar-refractivity contribution in [3.63, 3.8) is 0 Å². The summed E-state index contributed by atoms with van der Waals surface area (Å²) in [6.07, 6.45) is 0.175. The van der Waals surface area contributed by atoms with E-state index in [9.17, 15) is 24.8 Å². The van der Waals surface area contributed by atoms with E-state index in [2.05, 4.69) is 0 Å². The number of amides is 2. The summed E-state index contributed by atoms with van der Waals surface area (Å²) in [5, 5.41) is 32.2. The molecule has 2 aliphatic heterocycles. The van der Waals surface area contributed by atoms with Crippen molar-refractivity contribution in [1.29, 1.82) is 0 Å². The highest BCUT2D eigenvalue weighted by Gasteiger charge is 2.57. The molecule has 0 bridgehead atoms. The highest BCUT2D eigenvalue weighted by atomic mass is 32.1. The van der Waals surface area contributed by atoms with Crippen LogP contribution >= 0.6 is 11.3 Å². The number of thiophene rings is 1. The third kappa shape index (κ3) is 3.42. The average Bonchev–Trinajstić information content (AvgIpc) is 3.36. The number of rotatable bonds is 4. The summed E-state index contributed by atoms with van der Waals surface area (Å²) < 4.78 is 5.83. The van der Waals surface area contributed by atoms with Crippen LogP contribution in [0.25, 0.3) is 0 Å². The number of aliphatic hydroxyl groups is 1. The molecule has 2 amide bonds. The van der Waals surface area contributed by atoms with Gasteiger partial charge in [-0.25, -0.2) is 0 Å². The Kier molecular flexibility index (Phi) is 5.22. The van der Waals surface area contributed by atoms with Crippen molar-refractivity contribution in [3.8, 4) is 5.75 Å². The molecule has 2 fully saturated rings. The van der Waals surface area contributed by atoms with Crippen molar-refractivity contribution < 1.29 is 29.5 Å². The second kappa shape index (κ2) is 7.91. The molecular formula is C22H22BNO6S. The molecule has 3 aliphatic rings. The Morgan fingerprint density at radius 3 is 2.58 bits per heavy atom. The minimum Gasteiger partial charge on any atom is -0.508 e. The third-order valence-electron chi connectivity index (χ3n) is 6.65. The molecule has 3 N–H and O–H groups in total. The molecule has 0 spiro atoms. The molecule has 1 aliphatic carbocycles. The number of phenols is 1. The number of benzene rings is 1. The molecule has 160 valence electrons. The van der Waals surface area contributed by atoms with Crippen molar-refractivity contribution in [2.24, 2.45) is 17.8 Å². The summed E-state index contributed by atoms with van der Waals surface area (Å²) in [5.74, 6) is -1.81. The summed E-state index contributed by atoms with van der Waals surface area (Å²) >= 11 is 1.50. The zero-order chi connectivity index (χ0) is 21.7. The second-order valence-electron chi connectivity index (χ2n) is 8.31. The van der Waals surface area contributed by atoms with Gasteiger partial charge in [-0.1, -0.05) is 18.2 Å². The van der Waals surface area contributed by atoms with E-state index in [4.69, 9.17) is 4.65 Å². The van der Waals surface area contributed by atoms with Gasteiger partial charge >= 0.3 is 7.12 Å². The summed E-state index contributed by atoms with van der Waals surface area (Å²) in [7, 11) is -1.25. The van der Waals surface area contributed by atoms with Crippen LogP contribution in [0, 0.1) is 17.8 Å². The van der Waals surface area contributed by atoms with Gasteiger partial charge in [0.25, 0.3) is 0 Å². The molecule has 4 atom stereocenters. The Balaban J connectivity index is 1.49. The van der Waals surface area contributed by atoms with Crippen molar-refractivity contribution in [1.82, 2.24) is 4.90 Å². The largest absolute Gasteiger partial charge is 0.508 e. The van der Waals surface area contributed by atoms with Gasteiger partial charge in [-0.3, -0.25) is 14.5 Å². The molecule has 9 heteroatoms. The maximum atomic E-state index is 13.4. The number of aliphatic hydroxyl groups excluding tert-OH is 1. The Morgan fingerprint density at radius 2 is 1.90 bits per heavy atom. The Morgan fingerprint density at radius 1 is 1.13 bits per heavy atom. The van der Waals surface area contributed by atoms with Gasteiger partial charge in [0.15, 0.2) is 0 Å². The molecule has 0 unspecified atom stereocenters. The molecular weight excluding hydrogens is 417 g/mol. The SMILES string of the molecule is O=C1[C@H]2[C@H](CC(CO)=C3B(O)O[C@H](c4ccc(O)cc4)C[C@H]32)C(=O)N1Cc1cccs1. The van der Waals surface area contributed by atoms with Crippen molar-refractivity contribution in [2.45, 2.75) is 25.5 Å². The molecule has 5 rings (SSSR count). The van der Waals surface area contributed by atoms with Crippen LogP contribution in [0.15, 0.2) is 52.8 Å². The number of likely N-dealkylation sites (tertiary alicyclic amines) is 1. The van der Waals surface area contributed by atoms with Gasteiger partial charge in [0.1, 0.15) is 5.75 Å². The first-order valence-electron chi connectivity index (χ1n) is 10.3. The Hall–Kier alpha value is -2.46. The highest BCUT2D eigenvalue weighted by Crippen LogP contribution is 2.51. The lowest BCUT2D eigenvalue weighted by Crippen LogP contribution is -2.45. The molecule has 2 aromatic rings. The van der Waals surface area contributed by atoms with Crippen LogP contribution in [0.3, 0.4) is 0 Å². The first kappa shape index (κ1) is 20.4. The molecule has 0 radical (unpaired) electrons. The van der Waals surface area contributed by atoms with E-state index in [1.54, 1.807) is 24.3 Å². The number of hydrogen-bond donors (Lipinski definition) is 3. The van der Waals surface area contributed by atoms with E-state index in [1.807, 2.05) is 17.5 Å². The Labute approximate surface area is 183 Å². The number of nitrogens with zero attached hydrogens (tertiary/aromatic N) is 1. The van der Waals surface area contributed by atoms with Crippen LogP contribution in [0.4, 0.5) is 0 Å². The normalized spacial score (nSPS) is 28.2. The summed E-state index contributed by atoms with van der Waals surface area (Å²) in [5.41, 5.74) is 1.90. The van der Waals surface area contributed by atoms with E-state index in [1.165, 1.54) is 16.2 Å². The smallest absolute Gasteiger partial charge is 0.487 e. The molecule has 7 nitrogen and oxygen atoms in total. The average molecular weight is 439 g/mol. The van der Waals surface area contributed by atoms with Gasteiger partial charge < -0.3 is 19.9 Å². The molecule has 1 aromatic heterocycles. The first-order valence-corrected chi connectivity index (χ1v) is 11.2. The van der Waals surface area contributed by atoms with E-state index < -0.39 is 31.0 Å². The van der Waals surface area contributed by atoms with E-state index in [0.29, 0.717) is 17.5 Å². The number of aromatic hydroxyl groups is 1. The minimum atomic E-state index is -1.25. The maximum Gasteiger partial charge on any atom is 0.487 e. The fraction of sp³-hybridized carbons (Fsp3) is 0.364. The number of hydrogen-bond acceptors (Lipinski definition) is 7. The standard InChI is InChI=1S/C22H22BNO6S/c25-11-13-8-17-19(22(28)24(21(17)27)10-15-2-1-7-31-15)16-9-18(30-23(29)20(13)16)12-3-5-14(26)6-4-12/h1-7,16-19,25-26,29H,8-11H2/t16-,17-,18-,19+/m0/s1. The van der Waals surface area contributed by atoms with Gasteiger partial charge in [-0.2, -0.15) is 0 Å². The van der Waals surface area contributed by atoms with Gasteiger partial charge in [0.05, 0.1) is 31.1 Å². The van der Waals surface area contributed by atoms with Crippen LogP contribution in [-0.4, -0.2) is 45.7 Å². The van der Waals surface area contributed by atoms with Crippen LogP contribution < -0.4 is 0 Å². The quantitative estimate of drug-likeness (QED) is 0.497. The van der Waals surface area contributed by atoms with Gasteiger partial charge in [0, 0.05) is 4.88 Å². The lowest BCUT2D eigenvalue weighted by molar-refractivity contribution is -0.140. The number of carbonyl (C=O) groups excluding carboxylic acids is 2. The lowest BCUT2D eigenvalue weighted by atomic mass is 9.55. The molecule has 3 heterocycles. The number of carbonyl (C=O) groups is 2. The second-order valence-corrected chi connectivity index (χ2v) is 9.34. The van der Waals surface area contributed by atoms with Crippen molar-refractivity contribution in [3.05, 3.63) is 63.3 Å². The third-order valence-corrected chi connectivity index (χ3v) is 7.51. The zero-order valence-corrected chi connectivity index (χ0v) is 17.5. The number of phenolic OH excluding ortho intramolecular Hbond substituents is 1. The summed E-state index contributed by atoms with van der Waals surface area (Å²) in [6.45, 7) is -0.0367. The lowest BCUT2D eigenvalue weighted by Gasteiger charge is -2.41. The predicted molar refractivity (Wildman–Crippen MR) is 114 cm³/mol.